The molecular formula is C19H36N2O2. The van der Waals surface area contributed by atoms with Gasteiger partial charge < -0.3 is 9.90 Å². The number of hydrogen-bond acceptors (Lipinski definition) is 2. The van der Waals surface area contributed by atoms with Gasteiger partial charge in [-0.25, -0.2) is 9.55 Å². The van der Waals surface area contributed by atoms with Gasteiger partial charge in [0, 0.05) is 12.4 Å². The highest BCUT2D eigenvalue weighted by Gasteiger charge is 2.08. The summed E-state index contributed by atoms with van der Waals surface area (Å²) in [5, 5.41) is 9.92. The van der Waals surface area contributed by atoms with Crippen LogP contribution in [0.3, 0.4) is 0 Å². The first-order chi connectivity index (χ1) is 11.2. The Hall–Kier alpha value is -1.32. The van der Waals surface area contributed by atoms with Gasteiger partial charge in [0.15, 0.2) is 0 Å². The number of aromatic nitrogens is 2. The van der Waals surface area contributed by atoms with Crippen LogP contribution in [0.5, 0.6) is 0 Å². The second kappa shape index (κ2) is 15.6. The van der Waals surface area contributed by atoms with E-state index in [4.69, 9.17) is 0 Å². The third-order valence-electron chi connectivity index (χ3n) is 3.86. The number of aryl methyl sites for hydroxylation is 2. The van der Waals surface area contributed by atoms with Gasteiger partial charge in [0.2, 0.25) is 0 Å². The first-order valence-electron chi connectivity index (χ1n) is 9.41. The number of carbonyl (C=O) groups excluding carboxylic acids is 1. The Morgan fingerprint density at radius 2 is 1.65 bits per heavy atom. The van der Waals surface area contributed by atoms with Gasteiger partial charge in [0.1, 0.15) is 12.4 Å². The van der Waals surface area contributed by atoms with E-state index in [0.717, 1.165) is 19.3 Å². The number of imidazole rings is 1. The Bertz CT molecular complexity index is 366. The Labute approximate surface area is 142 Å². The Morgan fingerprint density at radius 1 is 1.00 bits per heavy atom. The minimum atomic E-state index is -0.920. The van der Waals surface area contributed by atoms with Crippen LogP contribution in [-0.4, -0.2) is 11.0 Å². The molecule has 0 aliphatic rings. The van der Waals surface area contributed by atoms with Crippen LogP contribution in [0.4, 0.5) is 0 Å². The Morgan fingerprint density at radius 3 is 2.26 bits per heavy atom. The van der Waals surface area contributed by atoms with Crippen molar-refractivity contribution in [3.8, 4) is 0 Å². The highest BCUT2D eigenvalue weighted by Crippen LogP contribution is 2.03. The van der Waals surface area contributed by atoms with Crippen molar-refractivity contribution in [3.63, 3.8) is 0 Å². The Balaban J connectivity index is 0.000000438. The average molecular weight is 325 g/mol. The molecule has 0 atom stereocenters. The van der Waals surface area contributed by atoms with Gasteiger partial charge in [-0.1, -0.05) is 59.3 Å². The van der Waals surface area contributed by atoms with E-state index in [9.17, 15) is 9.90 Å². The molecule has 0 saturated heterocycles. The van der Waals surface area contributed by atoms with E-state index in [1.54, 1.807) is 0 Å². The first kappa shape index (κ1) is 21.7. The molecule has 4 nitrogen and oxygen atoms in total. The summed E-state index contributed by atoms with van der Waals surface area (Å²) in [7, 11) is 0. The molecule has 0 saturated carbocycles. The molecule has 134 valence electrons. The van der Waals surface area contributed by atoms with Gasteiger partial charge in [-0.2, -0.15) is 0 Å². The number of carboxylic acid groups (broad SMARTS) is 1. The van der Waals surface area contributed by atoms with Crippen molar-refractivity contribution < 1.29 is 14.5 Å². The van der Waals surface area contributed by atoms with Crippen molar-refractivity contribution in [3.05, 3.63) is 18.2 Å². The second-order valence-corrected chi connectivity index (χ2v) is 6.09. The molecule has 4 heteroatoms. The van der Waals surface area contributed by atoms with Crippen LogP contribution in [0.1, 0.15) is 90.8 Å². The smallest absolute Gasteiger partial charge is 0.254 e. The molecule has 1 aromatic heterocycles. The zero-order valence-electron chi connectivity index (χ0n) is 15.4. The fourth-order valence-electron chi connectivity index (χ4n) is 2.37. The summed E-state index contributed by atoms with van der Waals surface area (Å²) < 4.78 is 2.35. The lowest BCUT2D eigenvalue weighted by Crippen LogP contribution is -2.35. The lowest BCUT2D eigenvalue weighted by atomic mass is 10.1. The van der Waals surface area contributed by atoms with Crippen molar-refractivity contribution in [2.45, 2.75) is 97.9 Å². The molecule has 0 aromatic carbocycles. The molecule has 1 heterocycles. The SMILES string of the molecule is CCCCCCCC(=O)[O-].CCCCc1[nH]cc[n+]1CCCC. The predicted octanol–water partition coefficient (Wildman–Crippen LogP) is 3.54. The van der Waals surface area contributed by atoms with Crippen LogP contribution in [-0.2, 0) is 17.8 Å². The van der Waals surface area contributed by atoms with E-state index in [0.29, 0.717) is 0 Å². The van der Waals surface area contributed by atoms with E-state index in [1.165, 1.54) is 57.3 Å². The molecule has 0 bridgehead atoms. The maximum Gasteiger partial charge on any atom is 0.254 e. The highest BCUT2D eigenvalue weighted by molar-refractivity contribution is 5.63. The Kier molecular flexibility index (Phi) is 14.7. The number of aliphatic carboxylic acids is 1. The van der Waals surface area contributed by atoms with Gasteiger partial charge in [-0.15, -0.1) is 0 Å². The third kappa shape index (κ3) is 12.9. The maximum atomic E-state index is 9.92. The van der Waals surface area contributed by atoms with Crippen LogP contribution in [0.2, 0.25) is 0 Å². The number of nitrogens with one attached hydrogen (secondary N) is 1. The molecule has 0 amide bonds. The fraction of sp³-hybridized carbons (Fsp3) is 0.789. The molecule has 0 aliphatic heterocycles. The van der Waals surface area contributed by atoms with Gasteiger partial charge in [-0.05, 0) is 25.7 Å². The average Bonchev–Trinajstić information content (AvgIpc) is 2.98. The van der Waals surface area contributed by atoms with Crippen molar-refractivity contribution in [1.29, 1.82) is 0 Å². The second-order valence-electron chi connectivity index (χ2n) is 6.09. The van der Waals surface area contributed by atoms with Gasteiger partial charge in [0.05, 0.1) is 6.54 Å². The fourth-order valence-corrected chi connectivity index (χ4v) is 2.37. The van der Waals surface area contributed by atoms with Crippen molar-refractivity contribution in [2.75, 3.05) is 0 Å². The minimum absolute atomic E-state index is 0.226. The van der Waals surface area contributed by atoms with Crippen molar-refractivity contribution >= 4 is 5.97 Å². The van der Waals surface area contributed by atoms with E-state index in [1.807, 2.05) is 6.20 Å². The van der Waals surface area contributed by atoms with Gasteiger partial charge >= 0.3 is 0 Å². The van der Waals surface area contributed by atoms with Crippen molar-refractivity contribution in [2.24, 2.45) is 0 Å². The number of aromatic amines is 1. The molecular weight excluding hydrogens is 288 g/mol. The van der Waals surface area contributed by atoms with Crippen LogP contribution >= 0.6 is 0 Å². The number of H-pyrrole nitrogens is 1. The number of carboxylic acids is 1. The van der Waals surface area contributed by atoms with Gasteiger partial charge in [0.25, 0.3) is 5.82 Å². The summed E-state index contributed by atoms with van der Waals surface area (Å²) in [6, 6.07) is 0. The number of carbonyl (C=O) groups is 1. The molecule has 0 spiro atoms. The maximum absolute atomic E-state index is 9.92. The van der Waals surface area contributed by atoms with E-state index >= 15 is 0 Å². The quantitative estimate of drug-likeness (QED) is 0.472. The first-order valence-corrected chi connectivity index (χ1v) is 9.41. The molecule has 1 aromatic rings. The van der Waals surface area contributed by atoms with Crippen LogP contribution in [0.25, 0.3) is 0 Å². The highest BCUT2D eigenvalue weighted by atomic mass is 16.4. The number of rotatable bonds is 12. The molecule has 0 unspecified atom stereocenters. The summed E-state index contributed by atoms with van der Waals surface area (Å²) in [5.41, 5.74) is 0. The largest absolute Gasteiger partial charge is 0.550 e. The normalized spacial score (nSPS) is 10.2. The van der Waals surface area contributed by atoms with E-state index in [-0.39, 0.29) is 6.42 Å². The standard InChI is InChI=1S/C11H20N2.C8H16O2/c1-3-5-7-11-12-8-10-13(11)9-6-4-2;1-2-3-4-5-6-7-8(9)10/h8,10H,3-7,9H2,1-2H3;2-7H2,1H3,(H,9,10). The van der Waals surface area contributed by atoms with E-state index in [2.05, 4.69) is 36.5 Å². The van der Waals surface area contributed by atoms with Crippen LogP contribution < -0.4 is 9.67 Å². The molecule has 0 radical (unpaired) electrons. The molecule has 0 fully saturated rings. The summed E-state index contributed by atoms with van der Waals surface area (Å²) in [4.78, 5) is 13.2. The summed E-state index contributed by atoms with van der Waals surface area (Å²) in [5.74, 6) is 0.465. The van der Waals surface area contributed by atoms with Crippen molar-refractivity contribution in [1.82, 2.24) is 4.98 Å². The zero-order valence-corrected chi connectivity index (χ0v) is 15.4. The lowest BCUT2D eigenvalue weighted by Gasteiger charge is -2.00. The molecule has 0 aliphatic carbocycles. The number of nitrogens with zero attached hydrogens (tertiary/aromatic N) is 1. The minimum Gasteiger partial charge on any atom is -0.550 e. The third-order valence-corrected chi connectivity index (χ3v) is 3.86. The summed E-state index contributed by atoms with van der Waals surface area (Å²) in [6.07, 6.45) is 16.1. The number of unbranched alkanes of at least 4 members (excludes halogenated alkanes) is 6. The monoisotopic (exact) mass is 324 g/mol. The topological polar surface area (TPSA) is 59.8 Å². The molecule has 1 rings (SSSR count). The van der Waals surface area contributed by atoms with E-state index < -0.39 is 5.97 Å². The summed E-state index contributed by atoms with van der Waals surface area (Å²) >= 11 is 0. The van der Waals surface area contributed by atoms with Crippen LogP contribution in [0, 0.1) is 0 Å². The molecule has 23 heavy (non-hydrogen) atoms. The van der Waals surface area contributed by atoms with Crippen LogP contribution in [0.15, 0.2) is 12.4 Å². The molecule has 1 N–H and O–H groups in total. The van der Waals surface area contributed by atoms with Gasteiger partial charge in [-0.3, -0.25) is 0 Å². The predicted molar refractivity (Wildman–Crippen MR) is 92.9 cm³/mol. The zero-order chi connectivity index (χ0) is 17.3. The summed E-state index contributed by atoms with van der Waals surface area (Å²) in [6.45, 7) is 7.77. The number of hydrogen-bond donors (Lipinski definition) is 1. The lowest BCUT2D eigenvalue weighted by molar-refractivity contribution is -0.703.